The number of carbonyl (C=O) groups is 3. The monoisotopic (exact) mass is 513 g/mol. The van der Waals surface area contributed by atoms with Crippen molar-refractivity contribution in [2.45, 2.75) is 77.8 Å². The van der Waals surface area contributed by atoms with E-state index in [2.05, 4.69) is 17.0 Å². The summed E-state index contributed by atoms with van der Waals surface area (Å²) in [6.07, 6.45) is 2.68. The summed E-state index contributed by atoms with van der Waals surface area (Å²) in [6.45, 7) is 9.25. The average Bonchev–Trinajstić information content (AvgIpc) is 3.52. The van der Waals surface area contributed by atoms with Crippen LogP contribution in [0.5, 0.6) is 5.75 Å². The lowest BCUT2D eigenvalue weighted by atomic mass is 10.1. The molecule has 2 aromatic rings. The van der Waals surface area contributed by atoms with E-state index in [0.717, 1.165) is 35.8 Å². The largest absolute Gasteiger partial charge is 0.488 e. The fourth-order valence-corrected chi connectivity index (χ4v) is 5.63. The lowest BCUT2D eigenvalue weighted by molar-refractivity contribution is -0.155. The minimum Gasteiger partial charge on any atom is -0.488 e. The van der Waals surface area contributed by atoms with E-state index in [-0.39, 0.29) is 25.3 Å². The van der Waals surface area contributed by atoms with Gasteiger partial charge in [0.05, 0.1) is 5.56 Å². The molecule has 0 aliphatic carbocycles. The van der Waals surface area contributed by atoms with Gasteiger partial charge in [-0.25, -0.2) is 0 Å². The molecule has 194 valence electrons. The fraction of sp³-hybridized carbons (Fsp3) is 0.519. The third-order valence-corrected chi connectivity index (χ3v) is 7.45. The maximum atomic E-state index is 13.0. The highest BCUT2D eigenvalue weighted by Gasteiger charge is 2.38. The number of rotatable bonds is 10. The number of nitrogens with zero attached hydrogens (tertiary/aromatic N) is 2. The highest BCUT2D eigenvalue weighted by molar-refractivity contribution is 7.10. The molecular formula is C27H35N3O5S. The summed E-state index contributed by atoms with van der Waals surface area (Å²) < 4.78 is 11.3. The van der Waals surface area contributed by atoms with Crippen LogP contribution in [0.25, 0.3) is 0 Å². The second-order valence-electron chi connectivity index (χ2n) is 10.4. The van der Waals surface area contributed by atoms with E-state index < -0.39 is 23.5 Å². The number of hydrogen-bond acceptors (Lipinski definition) is 7. The molecule has 4 rings (SSSR count). The minimum absolute atomic E-state index is 0.00518. The van der Waals surface area contributed by atoms with Gasteiger partial charge in [-0.1, -0.05) is 12.1 Å². The second-order valence-corrected chi connectivity index (χ2v) is 11.4. The molecule has 1 unspecified atom stereocenters. The number of fused-ring (bicyclic) bond motifs is 1. The first-order chi connectivity index (χ1) is 17.1. The molecule has 0 saturated carbocycles. The fourth-order valence-electron chi connectivity index (χ4n) is 4.68. The molecule has 3 heterocycles. The van der Waals surface area contributed by atoms with Gasteiger partial charge in [0.25, 0.3) is 5.91 Å². The predicted octanol–water partition coefficient (Wildman–Crippen LogP) is 3.85. The first kappa shape index (κ1) is 26.2. The first-order valence-corrected chi connectivity index (χ1v) is 13.3. The number of primary amides is 1. The lowest BCUT2D eigenvalue weighted by Gasteiger charge is -2.26. The Hall–Kier alpha value is -2.91. The molecule has 2 aliphatic rings. The van der Waals surface area contributed by atoms with Crippen LogP contribution in [0.1, 0.15) is 72.8 Å². The quantitative estimate of drug-likeness (QED) is 0.484. The predicted molar refractivity (Wildman–Crippen MR) is 138 cm³/mol. The number of ether oxygens (including phenoxy) is 2. The van der Waals surface area contributed by atoms with E-state index in [9.17, 15) is 14.4 Å². The molecule has 1 atom stereocenters. The van der Waals surface area contributed by atoms with Gasteiger partial charge in [0.15, 0.2) is 0 Å². The molecule has 0 bridgehead atoms. The zero-order valence-corrected chi connectivity index (χ0v) is 22.1. The van der Waals surface area contributed by atoms with Crippen LogP contribution in [0.3, 0.4) is 0 Å². The van der Waals surface area contributed by atoms with E-state index in [1.165, 1.54) is 34.6 Å². The van der Waals surface area contributed by atoms with Gasteiger partial charge in [0, 0.05) is 35.3 Å². The van der Waals surface area contributed by atoms with Crippen LogP contribution in [0, 0.1) is 0 Å². The number of nitrogens with two attached hydrogens (primary N) is 1. The van der Waals surface area contributed by atoms with Crippen LogP contribution in [0.4, 0.5) is 0 Å². The van der Waals surface area contributed by atoms with Gasteiger partial charge >= 0.3 is 5.97 Å². The van der Waals surface area contributed by atoms with Crippen molar-refractivity contribution in [3.05, 3.63) is 51.2 Å². The van der Waals surface area contributed by atoms with Crippen molar-refractivity contribution in [1.29, 1.82) is 0 Å². The standard InChI is InChI=1S/C27H35N3O5S/c1-27(2,3)35-24(31)11-10-22(25(28)32)30-15-20-21(26(30)33)17-36-23(20)16-34-19-8-6-18(7-9-19)14-29-12-4-5-13-29/h6-9,17,22H,4-5,10-16H2,1-3H3,(H2,28,32). The Morgan fingerprint density at radius 3 is 2.47 bits per heavy atom. The molecule has 2 N–H and O–H groups in total. The van der Waals surface area contributed by atoms with Gasteiger partial charge in [0.1, 0.15) is 24.0 Å². The molecule has 8 nitrogen and oxygen atoms in total. The van der Waals surface area contributed by atoms with Crippen molar-refractivity contribution in [1.82, 2.24) is 9.80 Å². The number of hydrogen-bond donors (Lipinski definition) is 1. The number of esters is 1. The number of thiophene rings is 1. The van der Waals surface area contributed by atoms with E-state index in [1.54, 1.807) is 26.2 Å². The Balaban J connectivity index is 1.35. The van der Waals surface area contributed by atoms with Crippen LogP contribution >= 0.6 is 11.3 Å². The molecule has 0 spiro atoms. The third-order valence-electron chi connectivity index (χ3n) is 6.45. The van der Waals surface area contributed by atoms with Crippen LogP contribution < -0.4 is 10.5 Å². The van der Waals surface area contributed by atoms with Gasteiger partial charge in [-0.3, -0.25) is 19.3 Å². The third kappa shape index (κ3) is 6.44. The minimum atomic E-state index is -0.876. The zero-order chi connectivity index (χ0) is 25.9. The normalized spacial score (nSPS) is 16.8. The van der Waals surface area contributed by atoms with Crippen molar-refractivity contribution in [2.75, 3.05) is 13.1 Å². The smallest absolute Gasteiger partial charge is 0.306 e. The van der Waals surface area contributed by atoms with E-state index >= 15 is 0 Å². The van der Waals surface area contributed by atoms with Crippen molar-refractivity contribution < 1.29 is 23.9 Å². The topological polar surface area (TPSA) is 102 Å². The summed E-state index contributed by atoms with van der Waals surface area (Å²) in [5.41, 5.74) is 7.71. The van der Waals surface area contributed by atoms with Crippen LogP contribution in [-0.2, 0) is 34.0 Å². The molecule has 1 fully saturated rings. The van der Waals surface area contributed by atoms with Crippen LogP contribution in [0.15, 0.2) is 29.6 Å². The van der Waals surface area contributed by atoms with Gasteiger partial charge < -0.3 is 20.1 Å². The number of benzene rings is 1. The van der Waals surface area contributed by atoms with Crippen LogP contribution in [-0.4, -0.2) is 52.3 Å². The van der Waals surface area contributed by atoms with Crippen molar-refractivity contribution in [3.8, 4) is 5.75 Å². The summed E-state index contributed by atoms with van der Waals surface area (Å²) in [4.78, 5) is 42.2. The number of likely N-dealkylation sites (tertiary alicyclic amines) is 1. The average molecular weight is 514 g/mol. The number of amides is 2. The van der Waals surface area contributed by atoms with E-state index in [1.807, 2.05) is 12.1 Å². The molecule has 36 heavy (non-hydrogen) atoms. The molecule has 2 aliphatic heterocycles. The summed E-state index contributed by atoms with van der Waals surface area (Å²) >= 11 is 1.48. The lowest BCUT2D eigenvalue weighted by Crippen LogP contribution is -2.45. The Morgan fingerprint density at radius 2 is 1.83 bits per heavy atom. The van der Waals surface area contributed by atoms with E-state index in [4.69, 9.17) is 15.2 Å². The summed E-state index contributed by atoms with van der Waals surface area (Å²) in [7, 11) is 0. The van der Waals surface area contributed by atoms with Gasteiger partial charge in [0.2, 0.25) is 5.91 Å². The Kier molecular flexibility index (Phi) is 8.00. The molecule has 9 heteroatoms. The SMILES string of the molecule is CC(C)(C)OC(=O)CCC(C(N)=O)N1Cc2c(csc2COc2ccc(CN3CCCC3)cc2)C1=O. The Morgan fingerprint density at radius 1 is 1.14 bits per heavy atom. The van der Waals surface area contributed by atoms with Gasteiger partial charge in [-0.05, 0) is 70.8 Å². The maximum Gasteiger partial charge on any atom is 0.306 e. The van der Waals surface area contributed by atoms with Crippen LogP contribution in [0.2, 0.25) is 0 Å². The summed E-state index contributed by atoms with van der Waals surface area (Å²) in [5.74, 6) is -0.523. The molecule has 1 aromatic heterocycles. The molecule has 0 radical (unpaired) electrons. The Bertz CT molecular complexity index is 1100. The van der Waals surface area contributed by atoms with Crippen molar-refractivity contribution in [2.24, 2.45) is 5.73 Å². The first-order valence-electron chi connectivity index (χ1n) is 12.5. The van der Waals surface area contributed by atoms with E-state index in [0.29, 0.717) is 12.2 Å². The Labute approximate surface area is 216 Å². The van der Waals surface area contributed by atoms with Gasteiger partial charge in [-0.2, -0.15) is 0 Å². The molecule has 2 amide bonds. The maximum absolute atomic E-state index is 13.0. The van der Waals surface area contributed by atoms with Gasteiger partial charge in [-0.15, -0.1) is 11.3 Å². The molecular weight excluding hydrogens is 478 g/mol. The van der Waals surface area contributed by atoms with Crippen molar-refractivity contribution >= 4 is 29.1 Å². The number of carbonyl (C=O) groups excluding carboxylic acids is 3. The molecule has 1 saturated heterocycles. The highest BCUT2D eigenvalue weighted by Crippen LogP contribution is 2.34. The zero-order valence-electron chi connectivity index (χ0n) is 21.2. The van der Waals surface area contributed by atoms with Crippen molar-refractivity contribution in [3.63, 3.8) is 0 Å². The summed E-state index contributed by atoms with van der Waals surface area (Å²) in [6, 6.07) is 7.28. The second kappa shape index (κ2) is 11.0. The highest BCUT2D eigenvalue weighted by atomic mass is 32.1. The molecule has 1 aromatic carbocycles. The summed E-state index contributed by atoms with van der Waals surface area (Å²) in [5, 5.41) is 1.81.